The Morgan fingerprint density at radius 2 is 2.11 bits per heavy atom. The highest BCUT2D eigenvalue weighted by atomic mass is 32.1. The van der Waals surface area contributed by atoms with Crippen molar-refractivity contribution in [3.05, 3.63) is 22.4 Å². The number of halogens is 3. The van der Waals surface area contributed by atoms with Gasteiger partial charge < -0.3 is 9.64 Å². The third-order valence-electron chi connectivity index (χ3n) is 3.01. The molecule has 0 aromatic carbocycles. The molecule has 0 bridgehead atoms. The average molecular weight is 293 g/mol. The van der Waals surface area contributed by atoms with E-state index in [1.807, 2.05) is 0 Å². The van der Waals surface area contributed by atoms with Gasteiger partial charge in [0.25, 0.3) is 5.91 Å². The topological polar surface area (TPSA) is 29.5 Å². The number of hydrogen-bond donors (Lipinski definition) is 0. The lowest BCUT2D eigenvalue weighted by molar-refractivity contribution is -0.147. The molecular weight excluding hydrogens is 279 g/mol. The third kappa shape index (κ3) is 3.94. The number of nitrogens with zero attached hydrogens (tertiary/aromatic N) is 1. The van der Waals surface area contributed by atoms with Gasteiger partial charge in [0.2, 0.25) is 0 Å². The van der Waals surface area contributed by atoms with E-state index in [-0.39, 0.29) is 0 Å². The first-order valence-corrected chi connectivity index (χ1v) is 6.89. The molecule has 2 heterocycles. The number of alkyl halides is 3. The molecule has 3 nitrogen and oxygen atoms in total. The lowest BCUT2D eigenvalue weighted by Crippen LogP contribution is -2.47. The summed E-state index contributed by atoms with van der Waals surface area (Å²) in [6, 6.07) is 1.15. The van der Waals surface area contributed by atoms with Gasteiger partial charge in [0.1, 0.15) is 6.54 Å². The molecule has 1 amide bonds. The quantitative estimate of drug-likeness (QED) is 0.857. The molecule has 0 spiro atoms. The molecule has 1 saturated heterocycles. The van der Waals surface area contributed by atoms with E-state index in [1.165, 1.54) is 11.3 Å². The third-order valence-corrected chi connectivity index (χ3v) is 3.69. The van der Waals surface area contributed by atoms with Crippen LogP contribution in [-0.2, 0) is 4.74 Å². The van der Waals surface area contributed by atoms with Gasteiger partial charge in [0, 0.05) is 24.6 Å². The fourth-order valence-corrected chi connectivity index (χ4v) is 2.74. The Balaban J connectivity index is 2.15. The van der Waals surface area contributed by atoms with Crippen LogP contribution in [0.25, 0.3) is 0 Å². The lowest BCUT2D eigenvalue weighted by Gasteiger charge is -2.34. The molecule has 0 unspecified atom stereocenters. The minimum Gasteiger partial charge on any atom is -0.381 e. The largest absolute Gasteiger partial charge is 0.406 e. The van der Waals surface area contributed by atoms with E-state index in [9.17, 15) is 18.0 Å². The molecule has 1 aliphatic rings. The second-order valence-corrected chi connectivity index (χ2v) is 5.18. The van der Waals surface area contributed by atoms with Gasteiger partial charge in [-0.3, -0.25) is 4.79 Å². The number of carbonyl (C=O) groups is 1. The van der Waals surface area contributed by atoms with E-state index >= 15 is 0 Å². The van der Waals surface area contributed by atoms with Crippen LogP contribution in [0.2, 0.25) is 0 Å². The van der Waals surface area contributed by atoms with Crippen molar-refractivity contribution in [3.63, 3.8) is 0 Å². The van der Waals surface area contributed by atoms with Crippen LogP contribution >= 0.6 is 11.3 Å². The van der Waals surface area contributed by atoms with Gasteiger partial charge >= 0.3 is 6.18 Å². The van der Waals surface area contributed by atoms with E-state index in [0.29, 0.717) is 31.6 Å². The molecule has 1 aromatic heterocycles. The molecule has 0 aliphatic carbocycles. The number of ether oxygens (including phenoxy) is 1. The maximum absolute atomic E-state index is 12.6. The molecule has 1 fully saturated rings. The first kappa shape index (κ1) is 14.3. The van der Waals surface area contributed by atoms with Gasteiger partial charge in [-0.05, 0) is 24.3 Å². The van der Waals surface area contributed by atoms with Crippen LogP contribution in [0.1, 0.15) is 23.2 Å². The van der Waals surface area contributed by atoms with Gasteiger partial charge in [-0.15, -0.1) is 0 Å². The van der Waals surface area contributed by atoms with E-state index in [1.54, 1.807) is 16.8 Å². The molecule has 0 saturated carbocycles. The summed E-state index contributed by atoms with van der Waals surface area (Å²) < 4.78 is 43.1. The maximum Gasteiger partial charge on any atom is 0.406 e. The van der Waals surface area contributed by atoms with Crippen molar-refractivity contribution in [2.24, 2.45) is 0 Å². The van der Waals surface area contributed by atoms with Crippen LogP contribution in [0.4, 0.5) is 13.2 Å². The highest BCUT2D eigenvalue weighted by Gasteiger charge is 2.37. The Labute approximate surface area is 113 Å². The van der Waals surface area contributed by atoms with Crippen LogP contribution in [0.15, 0.2) is 16.8 Å². The van der Waals surface area contributed by atoms with Crippen molar-refractivity contribution in [1.82, 2.24) is 4.90 Å². The van der Waals surface area contributed by atoms with Crippen LogP contribution in [-0.4, -0.2) is 42.8 Å². The van der Waals surface area contributed by atoms with Gasteiger partial charge in [0.15, 0.2) is 0 Å². The molecule has 2 rings (SSSR count). The first-order chi connectivity index (χ1) is 8.97. The number of rotatable bonds is 3. The summed E-state index contributed by atoms with van der Waals surface area (Å²) in [7, 11) is 0. The minimum atomic E-state index is -4.38. The Kier molecular flexibility index (Phi) is 4.46. The maximum atomic E-state index is 12.6. The number of hydrogen-bond acceptors (Lipinski definition) is 3. The smallest absolute Gasteiger partial charge is 0.381 e. The summed E-state index contributed by atoms with van der Waals surface area (Å²) >= 11 is 1.30. The molecule has 1 aliphatic heterocycles. The summed E-state index contributed by atoms with van der Waals surface area (Å²) in [5.74, 6) is -0.550. The van der Waals surface area contributed by atoms with E-state index in [4.69, 9.17) is 4.74 Å². The lowest BCUT2D eigenvalue weighted by atomic mass is 10.1. The van der Waals surface area contributed by atoms with Crippen LogP contribution < -0.4 is 0 Å². The first-order valence-electron chi connectivity index (χ1n) is 5.95. The van der Waals surface area contributed by atoms with E-state index < -0.39 is 24.7 Å². The zero-order valence-corrected chi connectivity index (χ0v) is 11.0. The van der Waals surface area contributed by atoms with Gasteiger partial charge in [-0.1, -0.05) is 0 Å². The molecular formula is C12H14F3NO2S. The standard InChI is InChI=1S/C12H14F3NO2S/c13-12(14,15)8-16(10-1-4-18-5-2-10)11(17)9-3-6-19-7-9/h3,6-7,10H,1-2,4-5,8H2. The van der Waals surface area contributed by atoms with Gasteiger partial charge in [-0.25, -0.2) is 0 Å². The fraction of sp³-hybridized carbons (Fsp3) is 0.583. The molecule has 106 valence electrons. The summed E-state index contributed by atoms with van der Waals surface area (Å²) in [5.41, 5.74) is 0.320. The summed E-state index contributed by atoms with van der Waals surface area (Å²) in [6.07, 6.45) is -3.48. The molecule has 19 heavy (non-hydrogen) atoms. The van der Waals surface area contributed by atoms with Crippen LogP contribution in [0.3, 0.4) is 0 Å². The zero-order valence-electron chi connectivity index (χ0n) is 10.2. The van der Waals surface area contributed by atoms with Crippen molar-refractivity contribution in [3.8, 4) is 0 Å². The van der Waals surface area contributed by atoms with Crippen LogP contribution in [0.5, 0.6) is 0 Å². The predicted octanol–water partition coefficient (Wildman–Crippen LogP) is 2.93. The monoisotopic (exact) mass is 293 g/mol. The molecule has 0 radical (unpaired) electrons. The summed E-state index contributed by atoms with van der Waals surface area (Å²) in [5, 5.41) is 3.26. The summed E-state index contributed by atoms with van der Waals surface area (Å²) in [6.45, 7) is -0.405. The molecule has 1 aromatic rings. The highest BCUT2D eigenvalue weighted by molar-refractivity contribution is 7.08. The fourth-order valence-electron chi connectivity index (χ4n) is 2.11. The minimum absolute atomic E-state index is 0.320. The normalized spacial score (nSPS) is 17.4. The molecule has 0 atom stereocenters. The van der Waals surface area contributed by atoms with E-state index in [0.717, 1.165) is 4.90 Å². The predicted molar refractivity (Wildman–Crippen MR) is 65.3 cm³/mol. The number of amides is 1. The average Bonchev–Trinajstić information content (AvgIpc) is 2.89. The van der Waals surface area contributed by atoms with E-state index in [2.05, 4.69) is 0 Å². The second-order valence-electron chi connectivity index (χ2n) is 4.40. The Morgan fingerprint density at radius 1 is 1.42 bits per heavy atom. The van der Waals surface area contributed by atoms with Crippen molar-refractivity contribution < 1.29 is 22.7 Å². The van der Waals surface area contributed by atoms with Crippen molar-refractivity contribution in [2.45, 2.75) is 25.1 Å². The van der Waals surface area contributed by atoms with Crippen molar-refractivity contribution in [2.75, 3.05) is 19.8 Å². The highest BCUT2D eigenvalue weighted by Crippen LogP contribution is 2.24. The molecule has 0 N–H and O–H groups in total. The number of thiophene rings is 1. The van der Waals surface area contributed by atoms with Gasteiger partial charge in [-0.2, -0.15) is 24.5 Å². The Hall–Kier alpha value is -1.08. The van der Waals surface area contributed by atoms with Crippen molar-refractivity contribution in [1.29, 1.82) is 0 Å². The van der Waals surface area contributed by atoms with Gasteiger partial charge in [0.05, 0.1) is 5.56 Å². The van der Waals surface area contributed by atoms with Crippen LogP contribution in [0, 0.1) is 0 Å². The molecule has 7 heteroatoms. The van der Waals surface area contributed by atoms with Crippen molar-refractivity contribution >= 4 is 17.2 Å². The zero-order chi connectivity index (χ0) is 13.9. The second kappa shape index (κ2) is 5.92. The number of carbonyl (C=O) groups excluding carboxylic acids is 1. The summed E-state index contributed by atoms with van der Waals surface area (Å²) in [4.78, 5) is 13.1. The SMILES string of the molecule is O=C(c1ccsc1)N(CC(F)(F)F)C1CCOCC1. The Morgan fingerprint density at radius 3 is 2.63 bits per heavy atom. The Bertz CT molecular complexity index is 413.